The number of nitrogens with zero attached hydrogens (tertiary/aromatic N) is 1. The standard InChI is InChI=1S/C16H25NO3/c1-12(11-17(18)16(2,3)4)15(20-6)13-7-9-14(19-5)10-8-13/h7-12,15H,1-6H3/b17-11-/t12-,15+/m1/s1. The minimum Gasteiger partial charge on any atom is -0.624 e. The number of hydroxylamine groups is 1. The molecule has 0 spiro atoms. The lowest BCUT2D eigenvalue weighted by atomic mass is 9.97. The molecule has 4 nitrogen and oxygen atoms in total. The zero-order valence-corrected chi connectivity index (χ0v) is 13.2. The maximum atomic E-state index is 12.0. The lowest BCUT2D eigenvalue weighted by Gasteiger charge is -2.23. The predicted molar refractivity (Wildman–Crippen MR) is 81.4 cm³/mol. The summed E-state index contributed by atoms with van der Waals surface area (Å²) in [6.45, 7) is 7.64. The lowest BCUT2D eigenvalue weighted by Crippen LogP contribution is -2.31. The van der Waals surface area contributed by atoms with Crippen molar-refractivity contribution in [1.29, 1.82) is 0 Å². The molecule has 0 unspecified atom stereocenters. The number of benzene rings is 1. The van der Waals surface area contributed by atoms with Crippen LogP contribution in [0, 0.1) is 11.1 Å². The van der Waals surface area contributed by atoms with Crippen molar-refractivity contribution in [2.75, 3.05) is 14.2 Å². The Kier molecular flexibility index (Phi) is 5.57. The molecule has 0 bridgehead atoms. The van der Waals surface area contributed by atoms with Crippen LogP contribution >= 0.6 is 0 Å². The van der Waals surface area contributed by atoms with Gasteiger partial charge >= 0.3 is 0 Å². The topological polar surface area (TPSA) is 44.5 Å². The third kappa shape index (κ3) is 4.23. The van der Waals surface area contributed by atoms with Crippen molar-refractivity contribution < 1.29 is 14.2 Å². The first-order valence-corrected chi connectivity index (χ1v) is 6.77. The second-order valence-electron chi connectivity index (χ2n) is 5.93. The molecule has 1 aromatic carbocycles. The smallest absolute Gasteiger partial charge is 0.164 e. The average molecular weight is 279 g/mol. The summed E-state index contributed by atoms with van der Waals surface area (Å²) in [5.41, 5.74) is 0.589. The molecule has 1 aromatic rings. The number of methoxy groups -OCH3 is 2. The highest BCUT2D eigenvalue weighted by Crippen LogP contribution is 2.26. The Morgan fingerprint density at radius 3 is 2.10 bits per heavy atom. The zero-order chi connectivity index (χ0) is 15.3. The Labute approximate surface area is 121 Å². The van der Waals surface area contributed by atoms with E-state index in [2.05, 4.69) is 0 Å². The van der Waals surface area contributed by atoms with E-state index in [0.29, 0.717) is 0 Å². The number of hydrogen-bond acceptors (Lipinski definition) is 3. The molecule has 0 amide bonds. The summed E-state index contributed by atoms with van der Waals surface area (Å²) >= 11 is 0. The monoisotopic (exact) mass is 279 g/mol. The van der Waals surface area contributed by atoms with Crippen molar-refractivity contribution >= 4 is 6.21 Å². The molecular weight excluding hydrogens is 254 g/mol. The van der Waals surface area contributed by atoms with Gasteiger partial charge in [-0.2, -0.15) is 0 Å². The van der Waals surface area contributed by atoms with Crippen LogP contribution in [0.5, 0.6) is 5.75 Å². The minimum absolute atomic E-state index is 0.0230. The van der Waals surface area contributed by atoms with E-state index in [4.69, 9.17) is 9.47 Å². The first kappa shape index (κ1) is 16.5. The highest BCUT2D eigenvalue weighted by atomic mass is 16.5. The molecule has 0 aliphatic heterocycles. The molecule has 0 radical (unpaired) electrons. The van der Waals surface area contributed by atoms with E-state index in [1.54, 1.807) is 20.4 Å². The van der Waals surface area contributed by atoms with Crippen molar-refractivity contribution in [2.24, 2.45) is 5.92 Å². The van der Waals surface area contributed by atoms with Gasteiger partial charge in [0, 0.05) is 27.9 Å². The maximum Gasteiger partial charge on any atom is 0.164 e. The molecule has 20 heavy (non-hydrogen) atoms. The van der Waals surface area contributed by atoms with E-state index in [0.717, 1.165) is 16.1 Å². The van der Waals surface area contributed by atoms with Crippen molar-refractivity contribution in [2.45, 2.75) is 39.3 Å². The van der Waals surface area contributed by atoms with Crippen LogP contribution < -0.4 is 4.74 Å². The Balaban J connectivity index is 2.94. The molecule has 0 heterocycles. The van der Waals surface area contributed by atoms with Gasteiger partial charge in [0.1, 0.15) is 5.75 Å². The number of hydrogen-bond donors (Lipinski definition) is 0. The Morgan fingerprint density at radius 1 is 1.15 bits per heavy atom. The van der Waals surface area contributed by atoms with Gasteiger partial charge < -0.3 is 14.7 Å². The Hall–Kier alpha value is -1.55. The van der Waals surface area contributed by atoms with Gasteiger partial charge in [-0.25, -0.2) is 4.74 Å². The van der Waals surface area contributed by atoms with E-state index >= 15 is 0 Å². The van der Waals surface area contributed by atoms with Crippen LogP contribution in [0.25, 0.3) is 0 Å². The zero-order valence-electron chi connectivity index (χ0n) is 13.2. The number of ether oxygens (including phenoxy) is 2. The molecule has 0 aromatic heterocycles. The second kappa shape index (κ2) is 6.75. The fourth-order valence-electron chi connectivity index (χ4n) is 1.96. The van der Waals surface area contributed by atoms with E-state index in [1.165, 1.54) is 0 Å². The molecule has 1 rings (SSSR count). The highest BCUT2D eigenvalue weighted by Gasteiger charge is 2.24. The SMILES string of the molecule is COc1ccc([C@@H](OC)[C@H](C)/C=[N+](\[O-])C(C)(C)C)cc1. The van der Waals surface area contributed by atoms with Gasteiger partial charge in [-0.1, -0.05) is 19.1 Å². The van der Waals surface area contributed by atoms with Crippen LogP contribution in [-0.4, -0.2) is 30.7 Å². The van der Waals surface area contributed by atoms with Crippen LogP contribution in [0.15, 0.2) is 24.3 Å². The normalized spacial score (nSPS) is 15.8. The van der Waals surface area contributed by atoms with Crippen LogP contribution in [0.2, 0.25) is 0 Å². The molecule has 4 heteroatoms. The maximum absolute atomic E-state index is 12.0. The molecule has 112 valence electrons. The van der Waals surface area contributed by atoms with Gasteiger partial charge in [0.05, 0.1) is 19.1 Å². The summed E-state index contributed by atoms with van der Waals surface area (Å²) in [6.07, 6.45) is 1.53. The average Bonchev–Trinajstić information content (AvgIpc) is 2.39. The largest absolute Gasteiger partial charge is 0.624 e. The van der Waals surface area contributed by atoms with Gasteiger partial charge in [0.25, 0.3) is 0 Å². The fraction of sp³-hybridized carbons (Fsp3) is 0.562. The van der Waals surface area contributed by atoms with Gasteiger partial charge in [0.15, 0.2) is 11.8 Å². The third-order valence-electron chi connectivity index (χ3n) is 3.21. The first-order valence-electron chi connectivity index (χ1n) is 6.77. The minimum atomic E-state index is -0.438. The fourth-order valence-corrected chi connectivity index (χ4v) is 1.96. The second-order valence-corrected chi connectivity index (χ2v) is 5.93. The summed E-state index contributed by atoms with van der Waals surface area (Å²) in [6, 6.07) is 7.72. The van der Waals surface area contributed by atoms with Crippen molar-refractivity contribution in [1.82, 2.24) is 0 Å². The summed E-state index contributed by atoms with van der Waals surface area (Å²) in [4.78, 5) is 0. The Bertz CT molecular complexity index is 446. The molecule has 0 saturated heterocycles. The first-order chi connectivity index (χ1) is 9.29. The van der Waals surface area contributed by atoms with Crippen molar-refractivity contribution in [3.05, 3.63) is 35.0 Å². The molecule has 0 fully saturated rings. The van der Waals surface area contributed by atoms with E-state index in [1.807, 2.05) is 52.0 Å². The van der Waals surface area contributed by atoms with Gasteiger partial charge in [-0.15, -0.1) is 0 Å². The summed E-state index contributed by atoms with van der Waals surface area (Å²) in [5, 5.41) is 12.0. The summed E-state index contributed by atoms with van der Waals surface area (Å²) < 4.78 is 11.7. The van der Waals surface area contributed by atoms with E-state index in [9.17, 15) is 5.21 Å². The highest BCUT2D eigenvalue weighted by molar-refractivity contribution is 5.56. The third-order valence-corrected chi connectivity index (χ3v) is 3.21. The molecule has 0 saturated carbocycles. The molecule has 2 atom stereocenters. The summed E-state index contributed by atoms with van der Waals surface area (Å²) in [7, 11) is 3.29. The summed E-state index contributed by atoms with van der Waals surface area (Å²) in [5.74, 6) is 0.783. The van der Waals surface area contributed by atoms with Gasteiger partial charge in [-0.05, 0) is 17.7 Å². The van der Waals surface area contributed by atoms with E-state index in [-0.39, 0.29) is 12.0 Å². The van der Waals surface area contributed by atoms with Gasteiger partial charge in [-0.3, -0.25) is 0 Å². The quantitative estimate of drug-likeness (QED) is 0.359. The van der Waals surface area contributed by atoms with Crippen LogP contribution in [0.4, 0.5) is 0 Å². The van der Waals surface area contributed by atoms with Gasteiger partial charge in [0.2, 0.25) is 0 Å². The molecule has 0 aliphatic rings. The van der Waals surface area contributed by atoms with Crippen molar-refractivity contribution in [3.8, 4) is 5.75 Å². The van der Waals surface area contributed by atoms with Crippen LogP contribution in [0.1, 0.15) is 39.4 Å². The van der Waals surface area contributed by atoms with Crippen molar-refractivity contribution in [3.63, 3.8) is 0 Å². The Morgan fingerprint density at radius 2 is 1.70 bits per heavy atom. The predicted octanol–water partition coefficient (Wildman–Crippen LogP) is 3.40. The lowest BCUT2D eigenvalue weighted by molar-refractivity contribution is -0.533. The van der Waals surface area contributed by atoms with Crippen LogP contribution in [-0.2, 0) is 4.74 Å². The van der Waals surface area contributed by atoms with Crippen LogP contribution in [0.3, 0.4) is 0 Å². The molecular formula is C16H25NO3. The van der Waals surface area contributed by atoms with E-state index < -0.39 is 5.54 Å². The number of rotatable bonds is 5. The molecule has 0 N–H and O–H groups in total. The molecule has 0 aliphatic carbocycles.